The van der Waals surface area contributed by atoms with Crippen molar-refractivity contribution in [3.05, 3.63) is 46.5 Å². The molecule has 0 aliphatic carbocycles. The molecule has 0 spiro atoms. The van der Waals surface area contributed by atoms with Gasteiger partial charge in [0.2, 0.25) is 0 Å². The number of aromatic amines is 1. The first-order valence-electron chi connectivity index (χ1n) is 6.07. The lowest BCUT2D eigenvalue weighted by atomic mass is 10.2. The van der Waals surface area contributed by atoms with E-state index in [0.717, 1.165) is 0 Å². The van der Waals surface area contributed by atoms with E-state index in [1.165, 1.54) is 12.1 Å². The number of anilines is 1. The standard InChI is InChI=1S/C13H13BrN4O3/c1-7(11-15-4-5-16-11)17-13(21)18-10-6-8(14)2-3-9(10)12(19)20/h2-7H,1H3,(H,15,16)(H,19,20)(H2,17,18,21). The van der Waals surface area contributed by atoms with Crippen molar-refractivity contribution >= 4 is 33.6 Å². The second-order valence-electron chi connectivity index (χ2n) is 4.29. The van der Waals surface area contributed by atoms with Crippen LogP contribution in [0.2, 0.25) is 0 Å². The molecule has 1 unspecified atom stereocenters. The predicted octanol–water partition coefficient (Wildman–Crippen LogP) is 2.75. The number of urea groups is 1. The van der Waals surface area contributed by atoms with Crippen molar-refractivity contribution in [3.63, 3.8) is 0 Å². The molecular weight excluding hydrogens is 340 g/mol. The first-order chi connectivity index (χ1) is 9.97. The van der Waals surface area contributed by atoms with Gasteiger partial charge >= 0.3 is 12.0 Å². The van der Waals surface area contributed by atoms with Gasteiger partial charge in [0.15, 0.2) is 0 Å². The van der Waals surface area contributed by atoms with E-state index in [-0.39, 0.29) is 17.3 Å². The number of carbonyl (C=O) groups excluding carboxylic acids is 1. The van der Waals surface area contributed by atoms with Gasteiger partial charge in [0.05, 0.1) is 17.3 Å². The summed E-state index contributed by atoms with van der Waals surface area (Å²) in [5.74, 6) is -0.505. The van der Waals surface area contributed by atoms with Gasteiger partial charge in [-0.2, -0.15) is 0 Å². The largest absolute Gasteiger partial charge is 0.478 e. The molecule has 0 aliphatic heterocycles. The number of carbonyl (C=O) groups is 2. The lowest BCUT2D eigenvalue weighted by Gasteiger charge is -2.14. The lowest BCUT2D eigenvalue weighted by Crippen LogP contribution is -2.32. The average molecular weight is 353 g/mol. The van der Waals surface area contributed by atoms with Crippen LogP contribution in [0.5, 0.6) is 0 Å². The van der Waals surface area contributed by atoms with E-state index < -0.39 is 12.0 Å². The summed E-state index contributed by atoms with van der Waals surface area (Å²) in [6.07, 6.45) is 3.24. The number of nitrogens with zero attached hydrogens (tertiary/aromatic N) is 1. The van der Waals surface area contributed by atoms with Crippen LogP contribution in [0.1, 0.15) is 29.1 Å². The molecule has 21 heavy (non-hydrogen) atoms. The van der Waals surface area contributed by atoms with Crippen LogP contribution in [0.3, 0.4) is 0 Å². The number of carboxylic acids is 1. The Balaban J connectivity index is 2.09. The van der Waals surface area contributed by atoms with Gasteiger partial charge in [0.25, 0.3) is 0 Å². The summed E-state index contributed by atoms with van der Waals surface area (Å²) in [5.41, 5.74) is 0.222. The molecule has 0 radical (unpaired) electrons. The Hall–Kier alpha value is -2.35. The fraction of sp³-hybridized carbons (Fsp3) is 0.154. The van der Waals surface area contributed by atoms with E-state index in [1.54, 1.807) is 25.4 Å². The van der Waals surface area contributed by atoms with E-state index in [4.69, 9.17) is 5.11 Å². The fourth-order valence-electron chi connectivity index (χ4n) is 1.74. The van der Waals surface area contributed by atoms with Crippen LogP contribution in [0, 0.1) is 0 Å². The van der Waals surface area contributed by atoms with E-state index in [2.05, 4.69) is 36.5 Å². The van der Waals surface area contributed by atoms with Gasteiger partial charge in [-0.15, -0.1) is 0 Å². The van der Waals surface area contributed by atoms with Crippen LogP contribution in [0.25, 0.3) is 0 Å². The molecule has 2 amide bonds. The number of aromatic nitrogens is 2. The molecule has 1 atom stereocenters. The monoisotopic (exact) mass is 352 g/mol. The van der Waals surface area contributed by atoms with E-state index in [1.807, 2.05) is 0 Å². The number of hydrogen-bond donors (Lipinski definition) is 4. The molecule has 1 aromatic heterocycles. The summed E-state index contributed by atoms with van der Waals surface area (Å²) < 4.78 is 0.668. The minimum Gasteiger partial charge on any atom is -0.478 e. The van der Waals surface area contributed by atoms with Crippen molar-refractivity contribution in [1.82, 2.24) is 15.3 Å². The second-order valence-corrected chi connectivity index (χ2v) is 5.21. The molecule has 0 saturated carbocycles. The molecule has 0 aliphatic rings. The first-order valence-corrected chi connectivity index (χ1v) is 6.86. The molecule has 2 aromatic rings. The number of H-pyrrole nitrogens is 1. The highest BCUT2D eigenvalue weighted by atomic mass is 79.9. The summed E-state index contributed by atoms with van der Waals surface area (Å²) in [5, 5.41) is 14.3. The Labute approximate surface area is 128 Å². The van der Waals surface area contributed by atoms with Crippen molar-refractivity contribution in [2.75, 3.05) is 5.32 Å². The molecule has 110 valence electrons. The zero-order valence-electron chi connectivity index (χ0n) is 11.1. The Bertz CT molecular complexity index is 657. The zero-order chi connectivity index (χ0) is 15.4. The number of carboxylic acid groups (broad SMARTS) is 1. The van der Waals surface area contributed by atoms with Gasteiger partial charge < -0.3 is 20.7 Å². The summed E-state index contributed by atoms with van der Waals surface area (Å²) in [6.45, 7) is 1.76. The summed E-state index contributed by atoms with van der Waals surface area (Å²) >= 11 is 3.24. The smallest absolute Gasteiger partial charge is 0.337 e. The predicted molar refractivity (Wildman–Crippen MR) is 80.3 cm³/mol. The van der Waals surface area contributed by atoms with E-state index in [9.17, 15) is 9.59 Å². The quantitative estimate of drug-likeness (QED) is 0.678. The van der Waals surface area contributed by atoms with Crippen molar-refractivity contribution in [2.24, 2.45) is 0 Å². The Morgan fingerprint density at radius 2 is 2.19 bits per heavy atom. The van der Waals surface area contributed by atoms with E-state index in [0.29, 0.717) is 10.3 Å². The molecule has 2 rings (SSSR count). The number of imidazole rings is 1. The number of aromatic carboxylic acids is 1. The van der Waals surface area contributed by atoms with Crippen LogP contribution in [-0.4, -0.2) is 27.1 Å². The van der Waals surface area contributed by atoms with Crippen molar-refractivity contribution in [1.29, 1.82) is 0 Å². The minimum absolute atomic E-state index is 0.0130. The lowest BCUT2D eigenvalue weighted by molar-refractivity contribution is 0.0698. The highest BCUT2D eigenvalue weighted by molar-refractivity contribution is 9.10. The number of hydrogen-bond acceptors (Lipinski definition) is 3. The van der Waals surface area contributed by atoms with Crippen LogP contribution >= 0.6 is 15.9 Å². The number of amides is 2. The van der Waals surface area contributed by atoms with Crippen LogP contribution in [-0.2, 0) is 0 Å². The Morgan fingerprint density at radius 1 is 1.43 bits per heavy atom. The summed E-state index contributed by atoms with van der Waals surface area (Å²) in [4.78, 5) is 30.0. The normalized spacial score (nSPS) is 11.7. The Kier molecular flexibility index (Phi) is 4.59. The number of rotatable bonds is 4. The third-order valence-corrected chi connectivity index (χ3v) is 3.23. The maximum absolute atomic E-state index is 11.9. The fourth-order valence-corrected chi connectivity index (χ4v) is 2.11. The Morgan fingerprint density at radius 3 is 2.81 bits per heavy atom. The second kappa shape index (κ2) is 6.40. The third kappa shape index (κ3) is 3.82. The third-order valence-electron chi connectivity index (χ3n) is 2.74. The molecule has 0 saturated heterocycles. The van der Waals surface area contributed by atoms with Crippen LogP contribution in [0.4, 0.5) is 10.5 Å². The zero-order valence-corrected chi connectivity index (χ0v) is 12.6. The molecule has 0 fully saturated rings. The summed E-state index contributed by atoms with van der Waals surface area (Å²) in [6, 6.07) is 3.69. The minimum atomic E-state index is -1.11. The molecular formula is C13H13BrN4O3. The molecule has 1 aromatic carbocycles. The van der Waals surface area contributed by atoms with Gasteiger partial charge in [0, 0.05) is 16.9 Å². The van der Waals surface area contributed by atoms with Crippen molar-refractivity contribution < 1.29 is 14.7 Å². The van der Waals surface area contributed by atoms with Crippen molar-refractivity contribution in [2.45, 2.75) is 13.0 Å². The SMILES string of the molecule is CC(NC(=O)Nc1cc(Br)ccc1C(=O)O)c1ncc[nH]1. The maximum Gasteiger partial charge on any atom is 0.337 e. The average Bonchev–Trinajstić information content (AvgIpc) is 2.91. The number of halogens is 1. The highest BCUT2D eigenvalue weighted by Gasteiger charge is 2.15. The molecule has 0 bridgehead atoms. The molecule has 8 heteroatoms. The van der Waals surface area contributed by atoms with Gasteiger partial charge in [-0.05, 0) is 25.1 Å². The molecule has 1 heterocycles. The van der Waals surface area contributed by atoms with Gasteiger partial charge in [-0.1, -0.05) is 15.9 Å². The highest BCUT2D eigenvalue weighted by Crippen LogP contribution is 2.21. The first kappa shape index (κ1) is 15.0. The van der Waals surface area contributed by atoms with Crippen LogP contribution < -0.4 is 10.6 Å². The van der Waals surface area contributed by atoms with E-state index >= 15 is 0 Å². The van der Waals surface area contributed by atoms with Gasteiger partial charge in [-0.3, -0.25) is 0 Å². The molecule has 4 N–H and O–H groups in total. The maximum atomic E-state index is 11.9. The molecule has 7 nitrogen and oxygen atoms in total. The number of nitrogens with one attached hydrogen (secondary N) is 3. The summed E-state index contributed by atoms with van der Waals surface area (Å²) in [7, 11) is 0. The van der Waals surface area contributed by atoms with Crippen molar-refractivity contribution in [3.8, 4) is 0 Å². The van der Waals surface area contributed by atoms with Gasteiger partial charge in [-0.25, -0.2) is 14.6 Å². The number of benzene rings is 1. The topological polar surface area (TPSA) is 107 Å². The van der Waals surface area contributed by atoms with Gasteiger partial charge in [0.1, 0.15) is 5.82 Å². The van der Waals surface area contributed by atoms with Crippen LogP contribution in [0.15, 0.2) is 35.1 Å².